The van der Waals surface area contributed by atoms with Gasteiger partial charge in [-0.05, 0) is 75.2 Å². The smallest absolute Gasteiger partial charge is 0.0236 e. The van der Waals surface area contributed by atoms with Gasteiger partial charge in [0.2, 0.25) is 0 Å². The molecule has 1 aromatic rings. The Morgan fingerprint density at radius 2 is 1.95 bits per heavy atom. The maximum absolute atomic E-state index is 3.55. The molecule has 1 saturated carbocycles. The zero-order chi connectivity index (χ0) is 13.9. The molecule has 1 aliphatic carbocycles. The van der Waals surface area contributed by atoms with E-state index in [4.69, 9.17) is 0 Å². The first kappa shape index (κ1) is 16.8. The van der Waals surface area contributed by atoms with E-state index in [0.29, 0.717) is 0 Å². The molecular weight excluding hydrogens is 280 g/mol. The van der Waals surface area contributed by atoms with Gasteiger partial charge in [0.25, 0.3) is 0 Å². The molecule has 0 radical (unpaired) electrons. The summed E-state index contributed by atoms with van der Waals surface area (Å²) in [5.41, 5.74) is 4.32. The van der Waals surface area contributed by atoms with Gasteiger partial charge in [0.05, 0.1) is 0 Å². The summed E-state index contributed by atoms with van der Waals surface area (Å²) in [6.07, 6.45) is 5.58. The average molecular weight is 309 g/mol. The van der Waals surface area contributed by atoms with Crippen LogP contribution in [0.4, 0.5) is 0 Å². The summed E-state index contributed by atoms with van der Waals surface area (Å²) in [7, 11) is 0. The van der Waals surface area contributed by atoms with Gasteiger partial charge in [-0.15, -0.1) is 12.4 Å². The minimum absolute atomic E-state index is 0. The van der Waals surface area contributed by atoms with E-state index < -0.39 is 0 Å². The molecule has 1 aliphatic heterocycles. The standard InChI is InChI=1S/C18H28N2.ClH/c1-14-5-6-16(10-15(14)2)12-20(18-7-8-18)13-17-4-3-9-19-11-17;/h5-6,10,17-19H,3-4,7-9,11-13H2,1-2H3;1H. The molecule has 0 spiro atoms. The minimum Gasteiger partial charge on any atom is -0.316 e. The van der Waals surface area contributed by atoms with Gasteiger partial charge in [0.15, 0.2) is 0 Å². The Morgan fingerprint density at radius 1 is 1.14 bits per heavy atom. The van der Waals surface area contributed by atoms with Crippen molar-refractivity contribution in [3.05, 3.63) is 34.9 Å². The van der Waals surface area contributed by atoms with E-state index in [0.717, 1.165) is 18.5 Å². The minimum atomic E-state index is 0. The third-order valence-electron chi connectivity index (χ3n) is 4.91. The SMILES string of the molecule is Cc1ccc(CN(CC2CCCNC2)C2CC2)cc1C.Cl. The van der Waals surface area contributed by atoms with Crippen molar-refractivity contribution in [1.82, 2.24) is 10.2 Å². The molecule has 3 rings (SSSR count). The van der Waals surface area contributed by atoms with Crippen LogP contribution >= 0.6 is 12.4 Å². The van der Waals surface area contributed by atoms with Gasteiger partial charge in [-0.3, -0.25) is 4.90 Å². The van der Waals surface area contributed by atoms with Crippen LogP contribution in [0.15, 0.2) is 18.2 Å². The molecule has 1 atom stereocenters. The molecule has 0 aromatic heterocycles. The maximum atomic E-state index is 3.55. The lowest BCUT2D eigenvalue weighted by atomic mass is 9.98. The Labute approximate surface area is 135 Å². The normalized spacial score (nSPS) is 22.1. The van der Waals surface area contributed by atoms with Crippen molar-refractivity contribution in [2.24, 2.45) is 5.92 Å². The molecule has 21 heavy (non-hydrogen) atoms. The number of hydrogen-bond donors (Lipinski definition) is 1. The van der Waals surface area contributed by atoms with Gasteiger partial charge >= 0.3 is 0 Å². The summed E-state index contributed by atoms with van der Waals surface area (Å²) >= 11 is 0. The highest BCUT2D eigenvalue weighted by molar-refractivity contribution is 5.85. The summed E-state index contributed by atoms with van der Waals surface area (Å²) < 4.78 is 0. The molecule has 2 fully saturated rings. The molecular formula is C18H29ClN2. The Morgan fingerprint density at radius 3 is 2.57 bits per heavy atom. The first-order valence-electron chi connectivity index (χ1n) is 8.23. The maximum Gasteiger partial charge on any atom is 0.0236 e. The van der Waals surface area contributed by atoms with E-state index >= 15 is 0 Å². The van der Waals surface area contributed by atoms with Crippen LogP contribution in [0.5, 0.6) is 0 Å². The molecule has 1 N–H and O–H groups in total. The van der Waals surface area contributed by atoms with Crippen LogP contribution in [-0.2, 0) is 6.54 Å². The highest BCUT2D eigenvalue weighted by Gasteiger charge is 2.30. The Balaban J connectivity index is 0.00000161. The van der Waals surface area contributed by atoms with E-state index in [-0.39, 0.29) is 12.4 Å². The number of aryl methyl sites for hydroxylation is 2. The quantitative estimate of drug-likeness (QED) is 0.892. The molecule has 1 unspecified atom stereocenters. The van der Waals surface area contributed by atoms with Crippen LogP contribution < -0.4 is 5.32 Å². The van der Waals surface area contributed by atoms with Gasteiger partial charge in [0.1, 0.15) is 0 Å². The fourth-order valence-corrected chi connectivity index (χ4v) is 3.33. The molecule has 0 amide bonds. The number of nitrogens with one attached hydrogen (secondary N) is 1. The topological polar surface area (TPSA) is 15.3 Å². The number of rotatable bonds is 5. The van der Waals surface area contributed by atoms with Crippen LogP contribution in [0.1, 0.15) is 42.4 Å². The Hall–Kier alpha value is -0.570. The molecule has 2 nitrogen and oxygen atoms in total. The largest absolute Gasteiger partial charge is 0.316 e. The van der Waals surface area contributed by atoms with Crippen LogP contribution in [0.25, 0.3) is 0 Å². The van der Waals surface area contributed by atoms with Crippen molar-refractivity contribution in [2.45, 2.75) is 52.1 Å². The lowest BCUT2D eigenvalue weighted by molar-refractivity contribution is 0.193. The molecule has 3 heteroatoms. The number of halogens is 1. The van der Waals surface area contributed by atoms with Gasteiger partial charge in [-0.2, -0.15) is 0 Å². The highest BCUT2D eigenvalue weighted by atomic mass is 35.5. The first-order valence-corrected chi connectivity index (χ1v) is 8.23. The van der Waals surface area contributed by atoms with Gasteiger partial charge in [-0.25, -0.2) is 0 Å². The number of nitrogens with zero attached hydrogens (tertiary/aromatic N) is 1. The molecule has 2 aliphatic rings. The van der Waals surface area contributed by atoms with Crippen molar-refractivity contribution in [3.8, 4) is 0 Å². The highest BCUT2D eigenvalue weighted by Crippen LogP contribution is 2.30. The molecule has 0 bridgehead atoms. The Kier molecular flexibility index (Phi) is 6.09. The average Bonchev–Trinajstić information content (AvgIpc) is 3.28. The fourth-order valence-electron chi connectivity index (χ4n) is 3.33. The monoisotopic (exact) mass is 308 g/mol. The summed E-state index contributed by atoms with van der Waals surface area (Å²) in [5.74, 6) is 0.857. The van der Waals surface area contributed by atoms with Crippen molar-refractivity contribution in [2.75, 3.05) is 19.6 Å². The zero-order valence-corrected chi connectivity index (χ0v) is 14.2. The number of hydrogen-bond acceptors (Lipinski definition) is 2. The van der Waals surface area contributed by atoms with Crippen molar-refractivity contribution in [3.63, 3.8) is 0 Å². The number of piperidine rings is 1. The summed E-state index contributed by atoms with van der Waals surface area (Å²) in [6.45, 7) is 9.29. The van der Waals surface area contributed by atoms with E-state index in [1.54, 1.807) is 0 Å². The van der Waals surface area contributed by atoms with Crippen LogP contribution in [-0.4, -0.2) is 30.6 Å². The Bertz CT molecular complexity index is 451. The first-order chi connectivity index (χ1) is 9.72. The summed E-state index contributed by atoms with van der Waals surface area (Å²) in [4.78, 5) is 2.74. The molecule has 118 valence electrons. The predicted molar refractivity (Wildman–Crippen MR) is 92.2 cm³/mol. The third-order valence-corrected chi connectivity index (χ3v) is 4.91. The van der Waals surface area contributed by atoms with E-state index in [1.165, 1.54) is 62.0 Å². The zero-order valence-electron chi connectivity index (χ0n) is 13.4. The molecule has 1 aromatic carbocycles. The van der Waals surface area contributed by atoms with Crippen molar-refractivity contribution >= 4 is 12.4 Å². The summed E-state index contributed by atoms with van der Waals surface area (Å²) in [5, 5.41) is 3.55. The van der Waals surface area contributed by atoms with Crippen LogP contribution in [0.3, 0.4) is 0 Å². The molecule has 1 saturated heterocycles. The van der Waals surface area contributed by atoms with Crippen molar-refractivity contribution < 1.29 is 0 Å². The molecule has 1 heterocycles. The van der Waals surface area contributed by atoms with Crippen molar-refractivity contribution in [1.29, 1.82) is 0 Å². The van der Waals surface area contributed by atoms with E-state index in [9.17, 15) is 0 Å². The van der Waals surface area contributed by atoms with E-state index in [1.807, 2.05) is 0 Å². The lowest BCUT2D eigenvalue weighted by Gasteiger charge is -2.30. The lowest BCUT2D eigenvalue weighted by Crippen LogP contribution is -2.39. The second-order valence-corrected chi connectivity index (χ2v) is 6.79. The van der Waals surface area contributed by atoms with E-state index in [2.05, 4.69) is 42.3 Å². The fraction of sp³-hybridized carbons (Fsp3) is 0.667. The van der Waals surface area contributed by atoms with Gasteiger partial charge in [-0.1, -0.05) is 18.2 Å². The summed E-state index contributed by atoms with van der Waals surface area (Å²) in [6, 6.07) is 7.83. The van der Waals surface area contributed by atoms with Crippen LogP contribution in [0.2, 0.25) is 0 Å². The third kappa shape index (κ3) is 4.70. The van der Waals surface area contributed by atoms with Gasteiger partial charge in [0, 0.05) is 19.1 Å². The van der Waals surface area contributed by atoms with Crippen LogP contribution in [0, 0.1) is 19.8 Å². The number of benzene rings is 1. The van der Waals surface area contributed by atoms with Gasteiger partial charge < -0.3 is 5.32 Å². The second kappa shape index (κ2) is 7.62. The predicted octanol–water partition coefficient (Wildman–Crippen LogP) is 3.69. The second-order valence-electron chi connectivity index (χ2n) is 6.79.